The van der Waals surface area contributed by atoms with Gasteiger partial charge in [0.2, 0.25) is 0 Å². The van der Waals surface area contributed by atoms with E-state index >= 15 is 0 Å². The minimum Gasteiger partial charge on any atom is -0.384 e. The molecule has 2 aromatic rings. The largest absolute Gasteiger partial charge is 0.416 e. The molecule has 1 heterocycles. The molecule has 20 heavy (non-hydrogen) atoms. The Morgan fingerprint density at radius 1 is 1.05 bits per heavy atom. The van der Waals surface area contributed by atoms with E-state index in [1.807, 2.05) is 0 Å². The monoisotopic (exact) mass is 285 g/mol. The smallest absolute Gasteiger partial charge is 0.384 e. The van der Waals surface area contributed by atoms with Crippen molar-refractivity contribution in [2.24, 2.45) is 0 Å². The normalized spacial score (nSPS) is 13.3. The van der Waals surface area contributed by atoms with Crippen LogP contribution in [-0.2, 0) is 6.18 Å². The summed E-state index contributed by atoms with van der Waals surface area (Å²) < 4.78 is 51.1. The fourth-order valence-corrected chi connectivity index (χ4v) is 1.85. The molecule has 1 aromatic carbocycles. The Morgan fingerprint density at radius 3 is 2.35 bits per heavy atom. The van der Waals surface area contributed by atoms with Crippen molar-refractivity contribution in [3.05, 3.63) is 64.7 Å². The van der Waals surface area contributed by atoms with Crippen LogP contribution in [0, 0.1) is 12.7 Å². The van der Waals surface area contributed by atoms with Gasteiger partial charge in [-0.05, 0) is 36.2 Å². The number of aliphatic hydroxyl groups excluding tert-OH is 1. The molecule has 0 fully saturated rings. The molecule has 0 aliphatic carbocycles. The highest BCUT2D eigenvalue weighted by Crippen LogP contribution is 2.33. The van der Waals surface area contributed by atoms with E-state index in [0.717, 1.165) is 17.7 Å². The standard InChI is InChI=1S/C14H11F4NO/c1-8-2-10(7-19-6-8)13(20)9-3-11(14(16,17)18)5-12(15)4-9/h2-7,13,20H,1H3. The molecule has 1 aromatic heterocycles. The first-order chi connectivity index (χ1) is 9.27. The van der Waals surface area contributed by atoms with Crippen LogP contribution in [0.2, 0.25) is 0 Å². The molecule has 0 aliphatic heterocycles. The van der Waals surface area contributed by atoms with Crippen LogP contribution in [0.1, 0.15) is 28.4 Å². The van der Waals surface area contributed by atoms with Crippen molar-refractivity contribution in [1.29, 1.82) is 0 Å². The molecule has 6 heteroatoms. The van der Waals surface area contributed by atoms with Gasteiger partial charge in [0.1, 0.15) is 11.9 Å². The Kier molecular flexibility index (Phi) is 3.76. The Bertz CT molecular complexity index is 625. The number of nitrogens with zero attached hydrogens (tertiary/aromatic N) is 1. The van der Waals surface area contributed by atoms with Gasteiger partial charge < -0.3 is 5.11 Å². The molecular weight excluding hydrogens is 274 g/mol. The number of alkyl halides is 3. The summed E-state index contributed by atoms with van der Waals surface area (Å²) in [5, 5.41) is 10.1. The fraction of sp³-hybridized carbons (Fsp3) is 0.214. The second-order valence-corrected chi connectivity index (χ2v) is 4.47. The van der Waals surface area contributed by atoms with Crippen molar-refractivity contribution in [2.45, 2.75) is 19.2 Å². The number of hydrogen-bond donors (Lipinski definition) is 1. The van der Waals surface area contributed by atoms with Crippen molar-refractivity contribution in [1.82, 2.24) is 4.98 Å². The average Bonchev–Trinajstić information content (AvgIpc) is 2.36. The van der Waals surface area contributed by atoms with Crippen molar-refractivity contribution in [2.75, 3.05) is 0 Å². The van der Waals surface area contributed by atoms with E-state index in [2.05, 4.69) is 4.98 Å². The lowest BCUT2D eigenvalue weighted by atomic mass is 10.00. The van der Waals surface area contributed by atoms with Gasteiger partial charge >= 0.3 is 6.18 Å². The third-order valence-electron chi connectivity index (χ3n) is 2.78. The molecule has 2 rings (SSSR count). The zero-order valence-electron chi connectivity index (χ0n) is 10.4. The number of aliphatic hydroxyl groups is 1. The second-order valence-electron chi connectivity index (χ2n) is 4.47. The summed E-state index contributed by atoms with van der Waals surface area (Å²) in [4.78, 5) is 3.85. The predicted molar refractivity (Wildman–Crippen MR) is 64.4 cm³/mol. The Labute approximate surface area is 112 Å². The van der Waals surface area contributed by atoms with Gasteiger partial charge in [-0.3, -0.25) is 4.98 Å². The minimum atomic E-state index is -4.67. The van der Waals surface area contributed by atoms with E-state index in [9.17, 15) is 22.7 Å². The molecule has 106 valence electrons. The van der Waals surface area contributed by atoms with E-state index in [1.54, 1.807) is 19.2 Å². The zero-order valence-corrected chi connectivity index (χ0v) is 10.4. The first-order valence-electron chi connectivity index (χ1n) is 5.74. The zero-order chi connectivity index (χ0) is 14.9. The van der Waals surface area contributed by atoms with E-state index < -0.39 is 23.7 Å². The molecule has 1 atom stereocenters. The van der Waals surface area contributed by atoms with Crippen LogP contribution in [0.25, 0.3) is 0 Å². The summed E-state index contributed by atoms with van der Waals surface area (Å²) in [5.74, 6) is -1.05. The van der Waals surface area contributed by atoms with Crippen LogP contribution in [0.5, 0.6) is 0 Å². The Hall–Kier alpha value is -1.95. The molecular formula is C14H11F4NO. The highest BCUT2D eigenvalue weighted by molar-refractivity contribution is 5.34. The van der Waals surface area contributed by atoms with E-state index in [-0.39, 0.29) is 5.56 Å². The van der Waals surface area contributed by atoms with Gasteiger partial charge in [-0.2, -0.15) is 13.2 Å². The highest BCUT2D eigenvalue weighted by Gasteiger charge is 2.32. The summed E-state index contributed by atoms with van der Waals surface area (Å²) in [7, 11) is 0. The van der Waals surface area contributed by atoms with Crippen LogP contribution in [-0.4, -0.2) is 10.1 Å². The van der Waals surface area contributed by atoms with Crippen molar-refractivity contribution >= 4 is 0 Å². The maximum absolute atomic E-state index is 13.3. The summed E-state index contributed by atoms with van der Waals surface area (Å²) >= 11 is 0. The first-order valence-corrected chi connectivity index (χ1v) is 5.74. The van der Waals surface area contributed by atoms with Crippen LogP contribution in [0.15, 0.2) is 36.7 Å². The maximum Gasteiger partial charge on any atom is 0.416 e. The molecule has 0 aliphatic rings. The molecule has 0 bridgehead atoms. The van der Waals surface area contributed by atoms with Crippen LogP contribution in [0.3, 0.4) is 0 Å². The van der Waals surface area contributed by atoms with Crippen LogP contribution >= 0.6 is 0 Å². The van der Waals surface area contributed by atoms with Gasteiger partial charge in [0, 0.05) is 18.0 Å². The van der Waals surface area contributed by atoms with Gasteiger partial charge in [-0.25, -0.2) is 4.39 Å². The molecule has 0 spiro atoms. The molecule has 1 N–H and O–H groups in total. The van der Waals surface area contributed by atoms with Crippen molar-refractivity contribution < 1.29 is 22.7 Å². The number of pyridine rings is 1. The molecule has 0 radical (unpaired) electrons. The van der Waals surface area contributed by atoms with Gasteiger partial charge in [0.05, 0.1) is 5.56 Å². The molecule has 2 nitrogen and oxygen atoms in total. The average molecular weight is 285 g/mol. The lowest BCUT2D eigenvalue weighted by Gasteiger charge is -2.14. The lowest BCUT2D eigenvalue weighted by molar-refractivity contribution is -0.137. The lowest BCUT2D eigenvalue weighted by Crippen LogP contribution is -2.09. The van der Waals surface area contributed by atoms with E-state index in [4.69, 9.17) is 0 Å². The minimum absolute atomic E-state index is 0.162. The molecule has 0 amide bonds. The quantitative estimate of drug-likeness (QED) is 0.855. The maximum atomic E-state index is 13.3. The summed E-state index contributed by atoms with van der Waals surface area (Å²) in [5.41, 5.74) is -0.241. The van der Waals surface area contributed by atoms with Gasteiger partial charge in [0.25, 0.3) is 0 Å². The number of hydrogen-bond acceptors (Lipinski definition) is 2. The fourth-order valence-electron chi connectivity index (χ4n) is 1.85. The number of aromatic nitrogens is 1. The van der Waals surface area contributed by atoms with E-state index in [1.165, 1.54) is 6.20 Å². The molecule has 0 saturated heterocycles. The van der Waals surface area contributed by atoms with Gasteiger partial charge in [0.15, 0.2) is 0 Å². The summed E-state index contributed by atoms with van der Waals surface area (Å²) in [6.07, 6.45) is -3.15. The number of halogens is 4. The number of aryl methyl sites for hydroxylation is 1. The second kappa shape index (κ2) is 5.20. The van der Waals surface area contributed by atoms with Gasteiger partial charge in [-0.15, -0.1) is 0 Å². The van der Waals surface area contributed by atoms with E-state index in [0.29, 0.717) is 11.6 Å². The number of benzene rings is 1. The summed E-state index contributed by atoms with van der Waals surface area (Å²) in [6.45, 7) is 1.73. The number of rotatable bonds is 2. The van der Waals surface area contributed by atoms with Crippen molar-refractivity contribution in [3.8, 4) is 0 Å². The topological polar surface area (TPSA) is 33.1 Å². The van der Waals surface area contributed by atoms with Crippen molar-refractivity contribution in [3.63, 3.8) is 0 Å². The van der Waals surface area contributed by atoms with Crippen LogP contribution in [0.4, 0.5) is 17.6 Å². The summed E-state index contributed by atoms with van der Waals surface area (Å²) in [6, 6.07) is 3.58. The van der Waals surface area contributed by atoms with Gasteiger partial charge in [-0.1, -0.05) is 6.07 Å². The Morgan fingerprint density at radius 2 is 1.75 bits per heavy atom. The first kappa shape index (κ1) is 14.5. The molecule has 0 saturated carbocycles. The SMILES string of the molecule is Cc1cncc(C(O)c2cc(F)cc(C(F)(F)F)c2)c1. The third-order valence-corrected chi connectivity index (χ3v) is 2.78. The third kappa shape index (κ3) is 3.14. The predicted octanol–water partition coefficient (Wildman–Crippen LogP) is 3.63. The molecule has 1 unspecified atom stereocenters. The highest BCUT2D eigenvalue weighted by atomic mass is 19.4. The van der Waals surface area contributed by atoms with Crippen LogP contribution < -0.4 is 0 Å². The Balaban J connectivity index is 2.45.